The van der Waals surface area contributed by atoms with Crippen molar-refractivity contribution in [3.05, 3.63) is 5.89 Å². The zero-order chi connectivity index (χ0) is 12.1. The number of amides is 1. The summed E-state index contributed by atoms with van der Waals surface area (Å²) in [4.78, 5) is 13.0. The highest BCUT2D eigenvalue weighted by atomic mass is 35.5. The van der Waals surface area contributed by atoms with Gasteiger partial charge in [0.2, 0.25) is 11.8 Å². The van der Waals surface area contributed by atoms with E-state index in [9.17, 15) is 4.79 Å². The summed E-state index contributed by atoms with van der Waals surface area (Å²) in [5.74, 6) is 0.382. The van der Waals surface area contributed by atoms with E-state index in [0.29, 0.717) is 18.5 Å². The minimum absolute atomic E-state index is 0.0241. The summed E-state index contributed by atoms with van der Waals surface area (Å²) in [6, 6.07) is 0.367. The van der Waals surface area contributed by atoms with E-state index in [-0.39, 0.29) is 17.7 Å². The van der Waals surface area contributed by atoms with Crippen LogP contribution in [-0.4, -0.2) is 36.7 Å². The Morgan fingerprint density at radius 2 is 2.31 bits per heavy atom. The third kappa shape index (κ3) is 3.10. The van der Waals surface area contributed by atoms with Crippen molar-refractivity contribution in [1.29, 1.82) is 0 Å². The highest BCUT2D eigenvalue weighted by Crippen LogP contribution is 2.13. The molecule has 0 aliphatic rings. The van der Waals surface area contributed by atoms with Crippen molar-refractivity contribution in [3.8, 4) is 0 Å². The van der Waals surface area contributed by atoms with Crippen LogP contribution in [0.2, 0.25) is 0 Å². The van der Waals surface area contributed by atoms with E-state index in [0.717, 1.165) is 0 Å². The number of nitrogens with zero attached hydrogens (tertiary/aromatic N) is 3. The number of rotatable bonds is 5. The Morgan fingerprint density at radius 3 is 2.81 bits per heavy atom. The predicted molar refractivity (Wildman–Crippen MR) is 60.4 cm³/mol. The van der Waals surface area contributed by atoms with Gasteiger partial charge in [-0.15, -0.1) is 16.7 Å². The van der Waals surface area contributed by atoms with E-state index in [1.54, 1.807) is 19.0 Å². The van der Waals surface area contributed by atoms with Crippen LogP contribution in [0.5, 0.6) is 0 Å². The summed E-state index contributed by atoms with van der Waals surface area (Å²) in [5, 5.41) is 10.1. The molecule has 7 heteroatoms. The van der Waals surface area contributed by atoms with E-state index in [2.05, 4.69) is 15.5 Å². The standard InChI is InChI=1S/C9H15ClN4O2/c1-6(8(15)11-2)5-14(3)9-13-12-7(4-10)16-9/h6H,4-5H2,1-3H3,(H,11,15). The number of alkyl halides is 1. The van der Waals surface area contributed by atoms with Crippen LogP contribution in [0.4, 0.5) is 6.01 Å². The Hall–Kier alpha value is -1.30. The van der Waals surface area contributed by atoms with Crippen molar-refractivity contribution >= 4 is 23.5 Å². The van der Waals surface area contributed by atoms with Gasteiger partial charge in [0.15, 0.2) is 0 Å². The molecule has 0 aliphatic heterocycles. The molecule has 0 saturated carbocycles. The van der Waals surface area contributed by atoms with Gasteiger partial charge in [-0.1, -0.05) is 12.0 Å². The summed E-state index contributed by atoms with van der Waals surface area (Å²) >= 11 is 5.54. The fourth-order valence-corrected chi connectivity index (χ4v) is 1.38. The molecule has 1 heterocycles. The summed E-state index contributed by atoms with van der Waals surface area (Å²) < 4.78 is 5.25. The molecule has 1 unspecified atom stereocenters. The molecule has 1 atom stereocenters. The fourth-order valence-electron chi connectivity index (χ4n) is 1.27. The minimum Gasteiger partial charge on any atom is -0.407 e. The normalized spacial score (nSPS) is 12.2. The number of halogens is 1. The molecule has 0 aliphatic carbocycles. The summed E-state index contributed by atoms with van der Waals surface area (Å²) in [5.41, 5.74) is 0. The summed E-state index contributed by atoms with van der Waals surface area (Å²) in [7, 11) is 3.39. The SMILES string of the molecule is CNC(=O)C(C)CN(C)c1nnc(CCl)o1. The molecular formula is C9H15ClN4O2. The van der Waals surface area contributed by atoms with Crippen LogP contribution >= 0.6 is 11.6 Å². The summed E-state index contributed by atoms with van der Waals surface area (Å²) in [6.45, 7) is 2.33. The van der Waals surface area contributed by atoms with E-state index < -0.39 is 0 Å². The van der Waals surface area contributed by atoms with Gasteiger partial charge >= 0.3 is 6.01 Å². The maximum atomic E-state index is 11.3. The maximum Gasteiger partial charge on any atom is 0.317 e. The molecule has 1 amide bonds. The minimum atomic E-state index is -0.152. The van der Waals surface area contributed by atoms with Gasteiger partial charge < -0.3 is 14.6 Å². The molecule has 16 heavy (non-hydrogen) atoms. The van der Waals surface area contributed by atoms with Crippen LogP contribution in [0.15, 0.2) is 4.42 Å². The Bertz CT molecular complexity index is 355. The largest absolute Gasteiger partial charge is 0.407 e. The lowest BCUT2D eigenvalue weighted by atomic mass is 10.1. The topological polar surface area (TPSA) is 71.3 Å². The number of hydrogen-bond acceptors (Lipinski definition) is 5. The molecule has 0 spiro atoms. The average Bonchev–Trinajstić information content (AvgIpc) is 2.76. The first-order valence-corrected chi connectivity index (χ1v) is 5.43. The van der Waals surface area contributed by atoms with Crippen LogP contribution in [-0.2, 0) is 10.7 Å². The van der Waals surface area contributed by atoms with Crippen molar-refractivity contribution in [2.45, 2.75) is 12.8 Å². The second-order valence-corrected chi connectivity index (χ2v) is 3.78. The molecule has 1 rings (SSSR count). The molecule has 0 aromatic carbocycles. The fraction of sp³-hybridized carbons (Fsp3) is 0.667. The monoisotopic (exact) mass is 246 g/mol. The maximum absolute atomic E-state index is 11.3. The van der Waals surface area contributed by atoms with E-state index in [1.807, 2.05) is 6.92 Å². The first kappa shape index (κ1) is 12.8. The second-order valence-electron chi connectivity index (χ2n) is 3.51. The van der Waals surface area contributed by atoms with Crippen LogP contribution in [0, 0.1) is 5.92 Å². The van der Waals surface area contributed by atoms with E-state index >= 15 is 0 Å². The number of carbonyl (C=O) groups is 1. The number of anilines is 1. The number of carbonyl (C=O) groups excluding carboxylic acids is 1. The third-order valence-electron chi connectivity index (χ3n) is 2.14. The smallest absolute Gasteiger partial charge is 0.317 e. The first-order valence-electron chi connectivity index (χ1n) is 4.89. The van der Waals surface area contributed by atoms with E-state index in [1.165, 1.54) is 0 Å². The van der Waals surface area contributed by atoms with Gasteiger partial charge in [-0.25, -0.2) is 0 Å². The molecule has 0 saturated heterocycles. The average molecular weight is 247 g/mol. The van der Waals surface area contributed by atoms with Gasteiger partial charge in [-0.3, -0.25) is 4.79 Å². The van der Waals surface area contributed by atoms with Gasteiger partial charge in [0.05, 0.1) is 5.92 Å². The molecule has 90 valence electrons. The zero-order valence-electron chi connectivity index (χ0n) is 9.53. The molecule has 0 radical (unpaired) electrons. The van der Waals surface area contributed by atoms with Crippen molar-refractivity contribution in [2.24, 2.45) is 5.92 Å². The van der Waals surface area contributed by atoms with Gasteiger partial charge in [0.1, 0.15) is 5.88 Å². The van der Waals surface area contributed by atoms with Crippen molar-refractivity contribution in [2.75, 3.05) is 25.5 Å². The van der Waals surface area contributed by atoms with Gasteiger partial charge in [-0.05, 0) is 0 Å². The van der Waals surface area contributed by atoms with Gasteiger partial charge in [-0.2, -0.15) is 0 Å². The van der Waals surface area contributed by atoms with Crippen LogP contribution in [0.3, 0.4) is 0 Å². The quantitative estimate of drug-likeness (QED) is 0.772. The predicted octanol–water partition coefficient (Wildman–Crippen LogP) is 0.627. The van der Waals surface area contributed by atoms with Crippen molar-refractivity contribution < 1.29 is 9.21 Å². The number of nitrogens with one attached hydrogen (secondary N) is 1. The zero-order valence-corrected chi connectivity index (χ0v) is 10.3. The Morgan fingerprint density at radius 1 is 1.62 bits per heavy atom. The van der Waals surface area contributed by atoms with Crippen molar-refractivity contribution in [3.63, 3.8) is 0 Å². The van der Waals surface area contributed by atoms with Crippen LogP contribution in [0.1, 0.15) is 12.8 Å². The molecule has 1 aromatic rings. The molecule has 1 aromatic heterocycles. The first-order chi connectivity index (χ1) is 7.58. The lowest BCUT2D eigenvalue weighted by molar-refractivity contribution is -0.123. The van der Waals surface area contributed by atoms with Crippen LogP contribution < -0.4 is 10.2 Å². The van der Waals surface area contributed by atoms with Crippen LogP contribution in [0.25, 0.3) is 0 Å². The summed E-state index contributed by atoms with van der Waals surface area (Å²) in [6.07, 6.45) is 0. The lowest BCUT2D eigenvalue weighted by Gasteiger charge is -2.17. The Labute approximate surface area is 99.0 Å². The number of hydrogen-bond donors (Lipinski definition) is 1. The molecule has 0 bridgehead atoms. The van der Waals surface area contributed by atoms with E-state index in [4.69, 9.17) is 16.0 Å². The van der Waals surface area contributed by atoms with Gasteiger partial charge in [0.25, 0.3) is 0 Å². The highest BCUT2D eigenvalue weighted by Gasteiger charge is 2.17. The van der Waals surface area contributed by atoms with Gasteiger partial charge in [0, 0.05) is 20.6 Å². The Kier molecular flexibility index (Phi) is 4.54. The molecular weight excluding hydrogens is 232 g/mol. The number of aromatic nitrogens is 2. The molecule has 0 fully saturated rings. The molecule has 6 nitrogen and oxygen atoms in total. The highest BCUT2D eigenvalue weighted by molar-refractivity contribution is 6.16. The lowest BCUT2D eigenvalue weighted by Crippen LogP contribution is -2.34. The molecule has 1 N–H and O–H groups in total. The second kappa shape index (κ2) is 5.69. The van der Waals surface area contributed by atoms with Crippen molar-refractivity contribution in [1.82, 2.24) is 15.5 Å². The third-order valence-corrected chi connectivity index (χ3v) is 2.37. The Balaban J connectivity index is 2.57.